The summed E-state index contributed by atoms with van der Waals surface area (Å²) >= 11 is 3.43. The topological polar surface area (TPSA) is 62.1 Å². The van der Waals surface area contributed by atoms with E-state index < -0.39 is 0 Å². The van der Waals surface area contributed by atoms with Crippen molar-refractivity contribution in [1.29, 1.82) is 5.26 Å². The van der Waals surface area contributed by atoms with Crippen LogP contribution in [0.3, 0.4) is 0 Å². The molecule has 2 aromatic carbocycles. The first-order valence-electron chi connectivity index (χ1n) is 8.52. The number of benzene rings is 2. The molecule has 0 aromatic heterocycles. The molecule has 2 aromatic rings. The molecule has 4 nitrogen and oxygen atoms in total. The molecule has 6 heteroatoms. The lowest BCUT2D eigenvalue weighted by molar-refractivity contribution is -0.117. The number of amides is 1. The van der Waals surface area contributed by atoms with Crippen LogP contribution in [0.25, 0.3) is 6.08 Å². The highest BCUT2D eigenvalue weighted by Crippen LogP contribution is 2.27. The molecule has 0 saturated heterocycles. The van der Waals surface area contributed by atoms with E-state index in [1.165, 1.54) is 18.2 Å². The second-order valence-corrected chi connectivity index (χ2v) is 6.91. The summed E-state index contributed by atoms with van der Waals surface area (Å²) in [5.74, 6) is -0.0691. The van der Waals surface area contributed by atoms with Gasteiger partial charge < -0.3 is 10.1 Å². The second kappa shape index (κ2) is 9.89. The van der Waals surface area contributed by atoms with Gasteiger partial charge in [-0.2, -0.15) is 5.26 Å². The summed E-state index contributed by atoms with van der Waals surface area (Å²) < 4.78 is 19.4. The van der Waals surface area contributed by atoms with E-state index in [1.54, 1.807) is 30.3 Å². The average Bonchev–Trinajstić information content (AvgIpc) is 2.66. The van der Waals surface area contributed by atoms with Gasteiger partial charge in [0.1, 0.15) is 29.8 Å². The Morgan fingerprint density at radius 1 is 1.33 bits per heavy atom. The molecule has 1 amide bonds. The first-order valence-corrected chi connectivity index (χ1v) is 9.31. The van der Waals surface area contributed by atoms with Crippen molar-refractivity contribution in [1.82, 2.24) is 5.32 Å². The molecule has 0 aliphatic heterocycles. The van der Waals surface area contributed by atoms with Gasteiger partial charge >= 0.3 is 0 Å². The fraction of sp³-hybridized carbons (Fsp3) is 0.238. The molecule has 0 spiro atoms. The van der Waals surface area contributed by atoms with E-state index in [0.29, 0.717) is 22.4 Å². The van der Waals surface area contributed by atoms with Gasteiger partial charge in [-0.15, -0.1) is 0 Å². The highest BCUT2D eigenvalue weighted by molar-refractivity contribution is 9.10. The molecular formula is C21H20BrFN2O2. The third kappa shape index (κ3) is 6.22. The summed E-state index contributed by atoms with van der Waals surface area (Å²) in [4.78, 5) is 12.1. The minimum absolute atomic E-state index is 0.00298. The Labute approximate surface area is 166 Å². The van der Waals surface area contributed by atoms with E-state index in [4.69, 9.17) is 4.74 Å². The van der Waals surface area contributed by atoms with E-state index in [9.17, 15) is 14.4 Å². The van der Waals surface area contributed by atoms with Crippen LogP contribution < -0.4 is 10.1 Å². The van der Waals surface area contributed by atoms with Crippen molar-refractivity contribution in [3.63, 3.8) is 0 Å². The number of hydrogen-bond acceptors (Lipinski definition) is 3. The van der Waals surface area contributed by atoms with E-state index in [0.717, 1.165) is 12.0 Å². The smallest absolute Gasteiger partial charge is 0.262 e. The molecule has 2 rings (SSSR count). The highest BCUT2D eigenvalue weighted by Gasteiger charge is 2.12. The third-order valence-electron chi connectivity index (χ3n) is 3.93. The first kappa shape index (κ1) is 20.7. The van der Waals surface area contributed by atoms with Crippen LogP contribution in [0.1, 0.15) is 31.4 Å². The first-order chi connectivity index (χ1) is 12.9. The predicted molar refractivity (Wildman–Crippen MR) is 106 cm³/mol. The van der Waals surface area contributed by atoms with E-state index in [-0.39, 0.29) is 23.3 Å². The normalized spacial score (nSPS) is 12.2. The van der Waals surface area contributed by atoms with Crippen LogP contribution in [-0.4, -0.2) is 11.9 Å². The number of halogens is 2. The molecule has 0 aliphatic rings. The molecule has 27 heavy (non-hydrogen) atoms. The van der Waals surface area contributed by atoms with Gasteiger partial charge in [0.05, 0.1) is 4.47 Å². The third-order valence-corrected chi connectivity index (χ3v) is 4.55. The van der Waals surface area contributed by atoms with Crippen LogP contribution in [0.15, 0.2) is 52.5 Å². The average molecular weight is 431 g/mol. The van der Waals surface area contributed by atoms with Crippen LogP contribution in [0.2, 0.25) is 0 Å². The highest BCUT2D eigenvalue weighted by atomic mass is 79.9. The van der Waals surface area contributed by atoms with Crippen LogP contribution >= 0.6 is 15.9 Å². The summed E-state index contributed by atoms with van der Waals surface area (Å²) in [5, 5.41) is 12.0. The van der Waals surface area contributed by atoms with Crippen LogP contribution in [0, 0.1) is 17.1 Å². The second-order valence-electron chi connectivity index (χ2n) is 6.06. The number of ether oxygens (including phenoxy) is 1. The molecule has 0 saturated carbocycles. The number of nitrogens with zero attached hydrogens (tertiary/aromatic N) is 1. The lowest BCUT2D eigenvalue weighted by atomic mass is 10.1. The Morgan fingerprint density at radius 2 is 2.04 bits per heavy atom. The van der Waals surface area contributed by atoms with Crippen molar-refractivity contribution in [2.45, 2.75) is 32.9 Å². The summed E-state index contributed by atoms with van der Waals surface area (Å²) in [5.41, 5.74) is 1.59. The van der Waals surface area contributed by atoms with Crippen LogP contribution in [0.4, 0.5) is 4.39 Å². The van der Waals surface area contributed by atoms with Gasteiger partial charge in [-0.05, 0) is 70.7 Å². The number of carbonyl (C=O) groups is 1. The number of nitriles is 1. The van der Waals surface area contributed by atoms with Crippen molar-refractivity contribution in [2.24, 2.45) is 0 Å². The van der Waals surface area contributed by atoms with Gasteiger partial charge in [0.25, 0.3) is 5.91 Å². The molecule has 0 radical (unpaired) electrons. The molecule has 0 aliphatic carbocycles. The maximum absolute atomic E-state index is 12.9. The Kier molecular flexibility index (Phi) is 7.56. The number of nitrogens with one attached hydrogen (secondary N) is 1. The molecule has 0 fully saturated rings. The lowest BCUT2D eigenvalue weighted by Crippen LogP contribution is -2.32. The molecule has 1 N–H and O–H groups in total. The Hall–Kier alpha value is -2.65. The van der Waals surface area contributed by atoms with Crippen molar-refractivity contribution < 1.29 is 13.9 Å². The monoisotopic (exact) mass is 430 g/mol. The Balaban J connectivity index is 2.09. The zero-order valence-corrected chi connectivity index (χ0v) is 16.7. The van der Waals surface area contributed by atoms with Gasteiger partial charge in [0.15, 0.2) is 0 Å². The molecule has 1 atom stereocenters. The van der Waals surface area contributed by atoms with E-state index >= 15 is 0 Å². The zero-order valence-electron chi connectivity index (χ0n) is 15.1. The molecular weight excluding hydrogens is 411 g/mol. The van der Waals surface area contributed by atoms with Gasteiger partial charge in [0.2, 0.25) is 0 Å². The lowest BCUT2D eigenvalue weighted by Gasteiger charge is -2.11. The SMILES string of the molecule is CC[C@@H](C)NC(=O)/C(C#N)=C/c1ccc(OCc2ccc(F)cc2)c(Br)c1. The van der Waals surface area contributed by atoms with Crippen LogP contribution in [-0.2, 0) is 11.4 Å². The van der Waals surface area contributed by atoms with Crippen molar-refractivity contribution >= 4 is 27.9 Å². The number of carbonyl (C=O) groups excluding carboxylic acids is 1. The predicted octanol–water partition coefficient (Wildman–Crippen LogP) is 4.99. The van der Waals surface area contributed by atoms with Crippen LogP contribution in [0.5, 0.6) is 5.75 Å². The molecule has 0 heterocycles. The standard InChI is InChI=1S/C21H20BrFN2O2/c1-3-14(2)25-21(26)17(12-24)10-16-6-9-20(19(22)11-16)27-13-15-4-7-18(23)8-5-15/h4-11,14H,3,13H2,1-2H3,(H,25,26)/b17-10+/t14-/m1/s1. The summed E-state index contributed by atoms with van der Waals surface area (Å²) in [6.45, 7) is 4.15. The van der Waals surface area contributed by atoms with Gasteiger partial charge in [-0.3, -0.25) is 4.79 Å². The maximum atomic E-state index is 12.9. The Bertz CT molecular complexity index is 873. The maximum Gasteiger partial charge on any atom is 0.262 e. The quantitative estimate of drug-likeness (QED) is 0.497. The van der Waals surface area contributed by atoms with E-state index in [1.807, 2.05) is 19.9 Å². The molecule has 0 bridgehead atoms. The Morgan fingerprint density at radius 3 is 2.63 bits per heavy atom. The van der Waals surface area contributed by atoms with Gasteiger partial charge in [0, 0.05) is 6.04 Å². The summed E-state index contributed by atoms with van der Waals surface area (Å²) in [6, 6.07) is 13.3. The zero-order chi connectivity index (χ0) is 19.8. The van der Waals surface area contributed by atoms with Gasteiger partial charge in [-0.1, -0.05) is 25.1 Å². The number of rotatable bonds is 7. The van der Waals surface area contributed by atoms with Crippen molar-refractivity contribution in [3.8, 4) is 11.8 Å². The van der Waals surface area contributed by atoms with E-state index in [2.05, 4.69) is 21.2 Å². The molecule has 0 unspecified atom stereocenters. The fourth-order valence-corrected chi connectivity index (χ4v) is 2.70. The molecule has 140 valence electrons. The minimum Gasteiger partial charge on any atom is -0.488 e. The van der Waals surface area contributed by atoms with Crippen molar-refractivity contribution in [3.05, 3.63) is 69.5 Å². The fourth-order valence-electron chi connectivity index (χ4n) is 2.18. The van der Waals surface area contributed by atoms with Crippen molar-refractivity contribution in [2.75, 3.05) is 0 Å². The van der Waals surface area contributed by atoms with Gasteiger partial charge in [-0.25, -0.2) is 4.39 Å². The minimum atomic E-state index is -0.389. The summed E-state index contributed by atoms with van der Waals surface area (Å²) in [7, 11) is 0. The largest absolute Gasteiger partial charge is 0.488 e. The number of hydrogen-bond donors (Lipinski definition) is 1. The summed E-state index contributed by atoms with van der Waals surface area (Å²) in [6.07, 6.45) is 2.32.